The van der Waals surface area contributed by atoms with E-state index in [4.69, 9.17) is 0 Å². The minimum Gasteiger partial charge on any atom is -0.388 e. The highest BCUT2D eigenvalue weighted by Gasteiger charge is 2.39. The van der Waals surface area contributed by atoms with E-state index < -0.39 is 35.6 Å². The zero-order valence-corrected chi connectivity index (χ0v) is 11.0. The fourth-order valence-corrected chi connectivity index (χ4v) is 1.58. The lowest BCUT2D eigenvalue weighted by atomic mass is 10.0. The van der Waals surface area contributed by atoms with Gasteiger partial charge in [0.2, 0.25) is 5.91 Å². The number of amides is 1. The number of alkyl halides is 3. The Balaban J connectivity index is 2.78. The Morgan fingerprint density at radius 2 is 1.71 bits per heavy atom. The predicted octanol–water partition coefficient (Wildman–Crippen LogP) is 0.962. The molecule has 3 N–H and O–H groups in total. The Morgan fingerprint density at radius 3 is 2.14 bits per heavy atom. The monoisotopic (exact) mass is 305 g/mol. The standard InChI is InChI=1S/C13H14F3NO4/c1-7(18)17-6-10(19)11(20)8-2-4-9(5-3-8)12(21)13(14,15)16/h2-5,10-11,19-20H,6H2,1H3,(H,17,18). The quantitative estimate of drug-likeness (QED) is 0.707. The van der Waals surface area contributed by atoms with E-state index >= 15 is 0 Å². The highest BCUT2D eigenvalue weighted by molar-refractivity contribution is 6.00. The first-order chi connectivity index (χ1) is 9.62. The van der Waals surface area contributed by atoms with Crippen molar-refractivity contribution >= 4 is 11.7 Å². The highest BCUT2D eigenvalue weighted by Crippen LogP contribution is 2.23. The van der Waals surface area contributed by atoms with Crippen LogP contribution < -0.4 is 5.32 Å². The summed E-state index contributed by atoms with van der Waals surface area (Å²) in [5, 5.41) is 21.7. The number of carbonyl (C=O) groups is 2. The van der Waals surface area contributed by atoms with Crippen molar-refractivity contribution < 1.29 is 33.0 Å². The fraction of sp³-hybridized carbons (Fsp3) is 0.385. The average molecular weight is 305 g/mol. The third kappa shape index (κ3) is 4.83. The largest absolute Gasteiger partial charge is 0.454 e. The van der Waals surface area contributed by atoms with Gasteiger partial charge in [0.25, 0.3) is 5.78 Å². The van der Waals surface area contributed by atoms with Crippen molar-refractivity contribution in [2.24, 2.45) is 0 Å². The molecular weight excluding hydrogens is 291 g/mol. The smallest absolute Gasteiger partial charge is 0.388 e. The second kappa shape index (κ2) is 6.68. The van der Waals surface area contributed by atoms with Gasteiger partial charge in [0, 0.05) is 19.0 Å². The van der Waals surface area contributed by atoms with Crippen molar-refractivity contribution in [1.82, 2.24) is 5.32 Å². The van der Waals surface area contributed by atoms with Gasteiger partial charge in [0.05, 0.1) is 0 Å². The van der Waals surface area contributed by atoms with Crippen LogP contribution in [-0.4, -0.2) is 40.7 Å². The van der Waals surface area contributed by atoms with E-state index in [-0.39, 0.29) is 12.1 Å². The van der Waals surface area contributed by atoms with E-state index in [1.54, 1.807) is 0 Å². The lowest BCUT2D eigenvalue weighted by molar-refractivity contribution is -0.119. The number of nitrogens with one attached hydrogen (secondary N) is 1. The Labute approximate surface area is 118 Å². The van der Waals surface area contributed by atoms with Gasteiger partial charge in [0.15, 0.2) is 0 Å². The van der Waals surface area contributed by atoms with Crippen molar-refractivity contribution in [3.63, 3.8) is 0 Å². The first-order valence-corrected chi connectivity index (χ1v) is 5.95. The number of rotatable bonds is 5. The topological polar surface area (TPSA) is 86.6 Å². The van der Waals surface area contributed by atoms with Crippen LogP contribution in [0.1, 0.15) is 28.9 Å². The number of benzene rings is 1. The summed E-state index contributed by atoms with van der Waals surface area (Å²) in [6.45, 7) is 1.02. The zero-order valence-electron chi connectivity index (χ0n) is 11.0. The molecule has 21 heavy (non-hydrogen) atoms. The molecule has 0 aliphatic carbocycles. The summed E-state index contributed by atoms with van der Waals surface area (Å²) < 4.78 is 36.7. The molecule has 0 radical (unpaired) electrons. The number of aliphatic hydroxyl groups is 2. The molecule has 0 saturated carbocycles. The van der Waals surface area contributed by atoms with E-state index in [1.807, 2.05) is 0 Å². The summed E-state index contributed by atoms with van der Waals surface area (Å²) in [6.07, 6.45) is -7.68. The van der Waals surface area contributed by atoms with Gasteiger partial charge in [-0.05, 0) is 5.56 Å². The van der Waals surface area contributed by atoms with Gasteiger partial charge in [-0.1, -0.05) is 24.3 Å². The van der Waals surface area contributed by atoms with Crippen molar-refractivity contribution in [1.29, 1.82) is 0 Å². The van der Waals surface area contributed by atoms with Crippen LogP contribution in [0.5, 0.6) is 0 Å². The summed E-state index contributed by atoms with van der Waals surface area (Å²) in [5.41, 5.74) is -0.429. The number of hydrogen-bond acceptors (Lipinski definition) is 4. The number of carbonyl (C=O) groups excluding carboxylic acids is 2. The molecule has 116 valence electrons. The maximum atomic E-state index is 12.2. The van der Waals surface area contributed by atoms with Gasteiger partial charge in [-0.3, -0.25) is 9.59 Å². The third-order valence-electron chi connectivity index (χ3n) is 2.70. The van der Waals surface area contributed by atoms with Gasteiger partial charge >= 0.3 is 6.18 Å². The van der Waals surface area contributed by atoms with Crippen molar-refractivity contribution in [3.05, 3.63) is 35.4 Å². The van der Waals surface area contributed by atoms with E-state index in [9.17, 15) is 33.0 Å². The van der Waals surface area contributed by atoms with Crippen molar-refractivity contribution in [2.45, 2.75) is 25.3 Å². The maximum absolute atomic E-state index is 12.2. The normalized spacial score (nSPS) is 14.4. The van der Waals surface area contributed by atoms with Gasteiger partial charge in [0.1, 0.15) is 12.2 Å². The third-order valence-corrected chi connectivity index (χ3v) is 2.70. The molecule has 1 aromatic rings. The molecule has 8 heteroatoms. The number of hydrogen-bond donors (Lipinski definition) is 3. The minimum absolute atomic E-state index is 0.131. The van der Waals surface area contributed by atoms with Crippen LogP contribution in [0.2, 0.25) is 0 Å². The molecule has 2 atom stereocenters. The number of ketones is 1. The molecular formula is C13H14F3NO4. The number of aliphatic hydroxyl groups excluding tert-OH is 2. The van der Waals surface area contributed by atoms with Gasteiger partial charge in [-0.15, -0.1) is 0 Å². The molecule has 1 rings (SSSR count). The number of Topliss-reactive ketones (excluding diaryl/α,β-unsaturated/α-hetero) is 1. The Morgan fingerprint density at radius 1 is 1.19 bits per heavy atom. The lowest BCUT2D eigenvalue weighted by Crippen LogP contribution is -2.34. The summed E-state index contributed by atoms with van der Waals surface area (Å²) in [5.74, 6) is -2.38. The van der Waals surface area contributed by atoms with Gasteiger partial charge in [-0.2, -0.15) is 13.2 Å². The van der Waals surface area contributed by atoms with Crippen LogP contribution in [0.3, 0.4) is 0 Å². The van der Waals surface area contributed by atoms with Crippen LogP contribution in [0.4, 0.5) is 13.2 Å². The van der Waals surface area contributed by atoms with E-state index in [0.29, 0.717) is 0 Å². The van der Waals surface area contributed by atoms with E-state index in [2.05, 4.69) is 5.32 Å². The SMILES string of the molecule is CC(=O)NCC(O)C(O)c1ccc(C(=O)C(F)(F)F)cc1. The Hall–Kier alpha value is -1.93. The van der Waals surface area contributed by atoms with Gasteiger partial charge in [-0.25, -0.2) is 0 Å². The molecule has 0 bridgehead atoms. The zero-order chi connectivity index (χ0) is 16.2. The molecule has 0 aliphatic rings. The molecule has 0 aromatic heterocycles. The van der Waals surface area contributed by atoms with E-state index in [1.165, 1.54) is 6.92 Å². The van der Waals surface area contributed by atoms with Crippen LogP contribution in [0, 0.1) is 0 Å². The Kier molecular flexibility index (Phi) is 5.45. The lowest BCUT2D eigenvalue weighted by Gasteiger charge is -2.18. The van der Waals surface area contributed by atoms with Crippen LogP contribution >= 0.6 is 0 Å². The van der Waals surface area contributed by atoms with Crippen LogP contribution in [-0.2, 0) is 4.79 Å². The van der Waals surface area contributed by atoms with Crippen molar-refractivity contribution in [2.75, 3.05) is 6.54 Å². The molecule has 1 aromatic carbocycles. The molecule has 0 saturated heterocycles. The molecule has 0 heterocycles. The molecule has 2 unspecified atom stereocenters. The summed E-state index contributed by atoms with van der Waals surface area (Å²) in [4.78, 5) is 21.6. The van der Waals surface area contributed by atoms with Gasteiger partial charge < -0.3 is 15.5 Å². The fourth-order valence-electron chi connectivity index (χ4n) is 1.58. The second-order valence-electron chi connectivity index (χ2n) is 4.40. The predicted molar refractivity (Wildman–Crippen MR) is 66.5 cm³/mol. The van der Waals surface area contributed by atoms with E-state index in [0.717, 1.165) is 24.3 Å². The van der Waals surface area contributed by atoms with Crippen molar-refractivity contribution in [3.8, 4) is 0 Å². The molecule has 0 spiro atoms. The molecule has 0 fully saturated rings. The molecule has 1 amide bonds. The summed E-state index contributed by atoms with van der Waals surface area (Å²) in [6, 6.07) is 4.06. The molecule has 5 nitrogen and oxygen atoms in total. The minimum atomic E-state index is -4.97. The van der Waals surface area contributed by atoms with Crippen LogP contribution in [0.15, 0.2) is 24.3 Å². The van der Waals surface area contributed by atoms with Crippen LogP contribution in [0.25, 0.3) is 0 Å². The first-order valence-electron chi connectivity index (χ1n) is 5.95. The Bertz CT molecular complexity index is 513. The summed E-state index contributed by atoms with van der Waals surface area (Å²) in [7, 11) is 0. The maximum Gasteiger partial charge on any atom is 0.454 e. The number of halogens is 3. The molecule has 0 aliphatic heterocycles. The average Bonchev–Trinajstić information content (AvgIpc) is 2.42. The second-order valence-corrected chi connectivity index (χ2v) is 4.40. The first kappa shape index (κ1) is 17.1. The summed E-state index contributed by atoms with van der Waals surface area (Å²) >= 11 is 0. The highest BCUT2D eigenvalue weighted by atomic mass is 19.4.